The molecule has 6 nitrogen and oxygen atoms in total. The van der Waals surface area contributed by atoms with Gasteiger partial charge in [0.1, 0.15) is 5.37 Å². The summed E-state index contributed by atoms with van der Waals surface area (Å²) in [5, 5.41) is 28.0. The summed E-state index contributed by atoms with van der Waals surface area (Å²) in [6.07, 6.45) is -0.295. The van der Waals surface area contributed by atoms with Crippen LogP contribution in [0.3, 0.4) is 0 Å². The molecule has 130 valence electrons. The standard InChI is InChI=1S/C17H16N2O4S2/c1-2-11(20)12-14(21)19-13(16(22)23)17(25-15(12)19)24-8-10-5-3-9(7-18)4-6-10/h3-6,11-12,15,20H,2,8H2,1H3,(H,22,23)/t11-,12+,15+/m0/s1. The molecule has 1 saturated heterocycles. The number of thioether (sulfide) groups is 2. The first-order chi connectivity index (χ1) is 12.0. The first-order valence-electron chi connectivity index (χ1n) is 7.75. The third kappa shape index (κ3) is 3.15. The van der Waals surface area contributed by atoms with Crippen LogP contribution in [-0.2, 0) is 15.3 Å². The topological polar surface area (TPSA) is 102 Å². The summed E-state index contributed by atoms with van der Waals surface area (Å²) in [4.78, 5) is 25.2. The minimum Gasteiger partial charge on any atom is -0.477 e. The fourth-order valence-electron chi connectivity index (χ4n) is 2.84. The summed E-state index contributed by atoms with van der Waals surface area (Å²) >= 11 is 2.70. The van der Waals surface area contributed by atoms with Crippen LogP contribution >= 0.6 is 23.5 Å². The molecule has 2 N–H and O–H groups in total. The summed E-state index contributed by atoms with van der Waals surface area (Å²) in [7, 11) is 0. The molecular formula is C17H16N2O4S2. The molecule has 0 bridgehead atoms. The molecule has 0 spiro atoms. The fourth-order valence-corrected chi connectivity index (χ4v) is 5.67. The number of aliphatic hydroxyl groups is 1. The quantitative estimate of drug-likeness (QED) is 0.735. The second-order valence-corrected chi connectivity index (χ2v) is 8.13. The summed E-state index contributed by atoms with van der Waals surface area (Å²) in [6, 6.07) is 9.15. The van der Waals surface area contributed by atoms with Gasteiger partial charge < -0.3 is 10.2 Å². The number of amides is 1. The molecule has 1 amide bonds. The predicted molar refractivity (Wildman–Crippen MR) is 95.1 cm³/mol. The number of benzene rings is 1. The smallest absolute Gasteiger partial charge is 0.354 e. The van der Waals surface area contributed by atoms with Crippen LogP contribution in [0.15, 0.2) is 34.2 Å². The van der Waals surface area contributed by atoms with E-state index in [0.717, 1.165) is 5.56 Å². The van der Waals surface area contributed by atoms with Gasteiger partial charge in [-0.15, -0.1) is 11.8 Å². The molecule has 0 radical (unpaired) electrons. The van der Waals surface area contributed by atoms with E-state index in [0.29, 0.717) is 22.0 Å². The zero-order chi connectivity index (χ0) is 18.1. The molecule has 8 heteroatoms. The van der Waals surface area contributed by atoms with Crippen LogP contribution in [0.25, 0.3) is 0 Å². The van der Waals surface area contributed by atoms with Crippen LogP contribution in [0.2, 0.25) is 0 Å². The maximum Gasteiger partial charge on any atom is 0.354 e. The van der Waals surface area contributed by atoms with Crippen molar-refractivity contribution in [1.29, 1.82) is 5.26 Å². The maximum absolute atomic E-state index is 12.3. The van der Waals surface area contributed by atoms with Crippen molar-refractivity contribution in [3.05, 3.63) is 45.3 Å². The summed E-state index contributed by atoms with van der Waals surface area (Å²) in [5.74, 6) is -1.45. The van der Waals surface area contributed by atoms with Crippen molar-refractivity contribution in [1.82, 2.24) is 4.90 Å². The lowest BCUT2D eigenvalue weighted by atomic mass is 9.90. The van der Waals surface area contributed by atoms with Gasteiger partial charge in [-0.05, 0) is 24.1 Å². The highest BCUT2D eigenvalue weighted by Crippen LogP contribution is 2.54. The minimum absolute atomic E-state index is 0.0122. The van der Waals surface area contributed by atoms with Crippen LogP contribution in [0.4, 0.5) is 0 Å². The van der Waals surface area contributed by atoms with Crippen molar-refractivity contribution in [3.63, 3.8) is 0 Å². The van der Waals surface area contributed by atoms with Gasteiger partial charge in [-0.3, -0.25) is 9.69 Å². The molecule has 0 aliphatic carbocycles. The molecule has 1 aromatic rings. The van der Waals surface area contributed by atoms with Crippen LogP contribution in [-0.4, -0.2) is 38.5 Å². The number of carboxylic acid groups (broad SMARTS) is 1. The lowest BCUT2D eigenvalue weighted by Crippen LogP contribution is -2.61. The van der Waals surface area contributed by atoms with Gasteiger partial charge in [0.2, 0.25) is 5.91 Å². The Balaban J connectivity index is 1.75. The van der Waals surface area contributed by atoms with Crippen molar-refractivity contribution in [2.45, 2.75) is 30.6 Å². The molecule has 2 aliphatic rings. The molecule has 0 saturated carbocycles. The van der Waals surface area contributed by atoms with Gasteiger partial charge in [0.15, 0.2) is 5.70 Å². The molecule has 3 atom stereocenters. The number of aliphatic hydroxyl groups excluding tert-OH is 1. The monoisotopic (exact) mass is 376 g/mol. The van der Waals surface area contributed by atoms with Gasteiger partial charge in [-0.2, -0.15) is 5.26 Å². The number of rotatable bonds is 6. The van der Waals surface area contributed by atoms with Crippen molar-refractivity contribution in [2.24, 2.45) is 5.92 Å². The van der Waals surface area contributed by atoms with E-state index in [1.807, 2.05) is 12.1 Å². The zero-order valence-electron chi connectivity index (χ0n) is 13.4. The average molecular weight is 376 g/mol. The Morgan fingerprint density at radius 2 is 2.12 bits per heavy atom. The van der Waals surface area contributed by atoms with E-state index in [4.69, 9.17) is 5.26 Å². The number of carboxylic acids is 1. The molecular weight excluding hydrogens is 360 g/mol. The number of aliphatic carboxylic acids is 1. The van der Waals surface area contributed by atoms with Gasteiger partial charge in [-0.1, -0.05) is 30.8 Å². The Bertz CT molecular complexity index is 785. The summed E-state index contributed by atoms with van der Waals surface area (Å²) in [6.45, 7) is 1.80. The van der Waals surface area contributed by atoms with E-state index < -0.39 is 18.0 Å². The number of fused-ring (bicyclic) bond motifs is 1. The number of nitriles is 1. The zero-order valence-corrected chi connectivity index (χ0v) is 15.0. The number of nitrogens with zero attached hydrogens (tertiary/aromatic N) is 2. The van der Waals surface area contributed by atoms with Gasteiger partial charge in [-0.25, -0.2) is 4.79 Å². The molecule has 2 aliphatic heterocycles. The van der Waals surface area contributed by atoms with Crippen molar-refractivity contribution in [2.75, 3.05) is 0 Å². The SMILES string of the molecule is CC[C@H](O)[C@@H]1C(=O)N2C(C(=O)O)=C(SCc3ccc(C#N)cc3)S[C@H]12. The lowest BCUT2D eigenvalue weighted by Gasteiger charge is -2.44. The summed E-state index contributed by atoms with van der Waals surface area (Å²) in [5.41, 5.74) is 1.55. The highest BCUT2D eigenvalue weighted by molar-refractivity contribution is 8.22. The van der Waals surface area contributed by atoms with Gasteiger partial charge >= 0.3 is 5.97 Å². The largest absolute Gasteiger partial charge is 0.477 e. The molecule has 0 unspecified atom stereocenters. The molecule has 0 aromatic heterocycles. The predicted octanol–water partition coefficient (Wildman–Crippen LogP) is 2.35. The van der Waals surface area contributed by atoms with Crippen LogP contribution < -0.4 is 0 Å². The second-order valence-electron chi connectivity index (χ2n) is 5.76. The third-order valence-corrected chi connectivity index (χ3v) is 6.96. The maximum atomic E-state index is 12.3. The van der Waals surface area contributed by atoms with Crippen LogP contribution in [0.5, 0.6) is 0 Å². The Labute approximate surface area is 153 Å². The Kier molecular flexibility index (Phi) is 5.08. The minimum atomic E-state index is -1.13. The van der Waals surface area contributed by atoms with E-state index in [-0.39, 0.29) is 17.0 Å². The van der Waals surface area contributed by atoms with E-state index in [1.54, 1.807) is 19.1 Å². The lowest BCUT2D eigenvalue weighted by molar-refractivity contribution is -0.157. The summed E-state index contributed by atoms with van der Waals surface area (Å²) < 4.78 is 0.584. The molecule has 2 heterocycles. The third-order valence-electron chi connectivity index (χ3n) is 4.23. The van der Waals surface area contributed by atoms with Crippen molar-refractivity contribution < 1.29 is 19.8 Å². The normalized spacial score (nSPS) is 23.1. The van der Waals surface area contributed by atoms with E-state index >= 15 is 0 Å². The number of carbonyl (C=O) groups excluding carboxylic acids is 1. The fraction of sp³-hybridized carbons (Fsp3) is 0.353. The number of hydrogen-bond donors (Lipinski definition) is 2. The highest BCUT2D eigenvalue weighted by Gasteiger charge is 2.58. The van der Waals surface area contributed by atoms with E-state index in [1.165, 1.54) is 28.4 Å². The first-order valence-corrected chi connectivity index (χ1v) is 9.61. The average Bonchev–Trinajstić information content (AvgIpc) is 2.95. The molecule has 3 rings (SSSR count). The highest BCUT2D eigenvalue weighted by atomic mass is 32.2. The van der Waals surface area contributed by atoms with Crippen molar-refractivity contribution >= 4 is 35.4 Å². The van der Waals surface area contributed by atoms with Gasteiger partial charge in [0, 0.05) is 5.75 Å². The van der Waals surface area contributed by atoms with E-state index in [9.17, 15) is 19.8 Å². The number of carbonyl (C=O) groups is 2. The van der Waals surface area contributed by atoms with Crippen LogP contribution in [0.1, 0.15) is 24.5 Å². The molecule has 1 fully saturated rings. The number of β-lactam (4-membered cyclic amide) rings is 1. The molecule has 25 heavy (non-hydrogen) atoms. The van der Waals surface area contributed by atoms with Gasteiger partial charge in [0.05, 0.1) is 27.9 Å². The van der Waals surface area contributed by atoms with Gasteiger partial charge in [0.25, 0.3) is 0 Å². The van der Waals surface area contributed by atoms with E-state index in [2.05, 4.69) is 6.07 Å². The Morgan fingerprint density at radius 3 is 2.68 bits per heavy atom. The second kappa shape index (κ2) is 7.12. The number of hydrogen-bond acceptors (Lipinski definition) is 6. The van der Waals surface area contributed by atoms with Crippen LogP contribution in [0, 0.1) is 17.2 Å². The van der Waals surface area contributed by atoms with Crippen molar-refractivity contribution in [3.8, 4) is 6.07 Å². The first kappa shape index (κ1) is 17.9. The Hall–Kier alpha value is -1.95. The molecule has 1 aromatic carbocycles. The Morgan fingerprint density at radius 1 is 1.44 bits per heavy atom.